The van der Waals surface area contributed by atoms with Crippen molar-refractivity contribution in [2.75, 3.05) is 5.75 Å². The van der Waals surface area contributed by atoms with Crippen molar-refractivity contribution < 1.29 is 4.79 Å². The van der Waals surface area contributed by atoms with Crippen LogP contribution in [0.4, 0.5) is 0 Å². The van der Waals surface area contributed by atoms with E-state index in [2.05, 4.69) is 0 Å². The molecule has 1 aliphatic heterocycles. The van der Waals surface area contributed by atoms with Crippen molar-refractivity contribution in [2.45, 2.75) is 24.2 Å². The lowest BCUT2D eigenvalue weighted by Crippen LogP contribution is -2.02. The SMILES string of the molecule is CC(=O)CC1CSc2ccc(Cl)cc21. The van der Waals surface area contributed by atoms with Gasteiger partial charge >= 0.3 is 0 Å². The number of Topliss-reactive ketones (excluding diaryl/α,β-unsaturated/α-hetero) is 1. The minimum Gasteiger partial charge on any atom is -0.300 e. The normalized spacial score (nSPS) is 19.4. The summed E-state index contributed by atoms with van der Waals surface area (Å²) in [6.45, 7) is 1.65. The smallest absolute Gasteiger partial charge is 0.130 e. The fourth-order valence-corrected chi connectivity index (χ4v) is 3.18. The van der Waals surface area contributed by atoms with E-state index >= 15 is 0 Å². The molecule has 0 radical (unpaired) electrons. The molecule has 0 fully saturated rings. The molecule has 1 atom stereocenters. The number of thioether (sulfide) groups is 1. The Balaban J connectivity index is 2.28. The van der Waals surface area contributed by atoms with E-state index in [-0.39, 0.29) is 5.78 Å². The summed E-state index contributed by atoms with van der Waals surface area (Å²) in [5.74, 6) is 1.63. The minimum atomic E-state index is 0.253. The van der Waals surface area contributed by atoms with Crippen molar-refractivity contribution in [1.82, 2.24) is 0 Å². The zero-order valence-electron chi connectivity index (χ0n) is 7.92. The van der Waals surface area contributed by atoms with Gasteiger partial charge in [0.1, 0.15) is 5.78 Å². The van der Waals surface area contributed by atoms with Crippen LogP contribution in [0.15, 0.2) is 23.1 Å². The van der Waals surface area contributed by atoms with Crippen molar-refractivity contribution in [1.29, 1.82) is 0 Å². The molecule has 14 heavy (non-hydrogen) atoms. The first kappa shape index (κ1) is 10.1. The zero-order chi connectivity index (χ0) is 10.1. The molecular weight excluding hydrogens is 216 g/mol. The van der Waals surface area contributed by atoms with Crippen molar-refractivity contribution >= 4 is 29.1 Å². The monoisotopic (exact) mass is 226 g/mol. The van der Waals surface area contributed by atoms with Gasteiger partial charge in [-0.15, -0.1) is 11.8 Å². The van der Waals surface area contributed by atoms with E-state index in [9.17, 15) is 4.79 Å². The van der Waals surface area contributed by atoms with E-state index < -0.39 is 0 Å². The van der Waals surface area contributed by atoms with Crippen molar-refractivity contribution in [3.8, 4) is 0 Å². The summed E-state index contributed by atoms with van der Waals surface area (Å²) in [5.41, 5.74) is 1.25. The van der Waals surface area contributed by atoms with Gasteiger partial charge in [-0.1, -0.05) is 11.6 Å². The van der Waals surface area contributed by atoms with Crippen LogP contribution in [0.3, 0.4) is 0 Å². The summed E-state index contributed by atoms with van der Waals surface area (Å²) in [6, 6.07) is 5.94. The average Bonchev–Trinajstić information content (AvgIpc) is 2.47. The van der Waals surface area contributed by atoms with Crippen molar-refractivity contribution in [2.24, 2.45) is 0 Å². The number of carbonyl (C=O) groups excluding carboxylic acids is 1. The van der Waals surface area contributed by atoms with E-state index in [1.54, 1.807) is 6.92 Å². The van der Waals surface area contributed by atoms with Crippen LogP contribution in [-0.4, -0.2) is 11.5 Å². The Labute approximate surface area is 92.8 Å². The third-order valence-electron chi connectivity index (χ3n) is 2.39. The number of benzene rings is 1. The molecular formula is C11H11ClOS. The second-order valence-corrected chi connectivity index (χ2v) is 5.09. The molecule has 1 unspecified atom stereocenters. The van der Waals surface area contributed by atoms with Gasteiger partial charge in [-0.2, -0.15) is 0 Å². The molecule has 0 amide bonds. The van der Waals surface area contributed by atoms with Crippen LogP contribution in [0.1, 0.15) is 24.8 Å². The summed E-state index contributed by atoms with van der Waals surface area (Å²) in [6.07, 6.45) is 0.639. The molecule has 0 saturated carbocycles. The van der Waals surface area contributed by atoms with Gasteiger partial charge in [-0.25, -0.2) is 0 Å². The summed E-state index contributed by atoms with van der Waals surface area (Å²) >= 11 is 7.75. The predicted molar refractivity (Wildman–Crippen MR) is 60.2 cm³/mol. The Morgan fingerprint density at radius 2 is 2.43 bits per heavy atom. The van der Waals surface area contributed by atoms with Crippen LogP contribution in [0, 0.1) is 0 Å². The molecule has 1 aromatic carbocycles. The number of carbonyl (C=O) groups is 1. The lowest BCUT2D eigenvalue weighted by atomic mass is 9.96. The number of halogens is 1. The van der Waals surface area contributed by atoms with Gasteiger partial charge in [0.05, 0.1) is 0 Å². The first-order valence-electron chi connectivity index (χ1n) is 4.58. The van der Waals surface area contributed by atoms with Crippen LogP contribution in [0.2, 0.25) is 5.02 Å². The van der Waals surface area contributed by atoms with E-state index in [0.29, 0.717) is 12.3 Å². The minimum absolute atomic E-state index is 0.253. The Hall–Kier alpha value is -0.470. The molecule has 1 aromatic rings. The summed E-state index contributed by atoms with van der Waals surface area (Å²) in [4.78, 5) is 12.3. The van der Waals surface area contributed by atoms with Crippen LogP contribution >= 0.6 is 23.4 Å². The van der Waals surface area contributed by atoms with E-state index in [1.165, 1.54) is 10.5 Å². The van der Waals surface area contributed by atoms with E-state index in [0.717, 1.165) is 10.8 Å². The van der Waals surface area contributed by atoms with Gasteiger partial charge < -0.3 is 4.79 Å². The van der Waals surface area contributed by atoms with Gasteiger partial charge in [0.25, 0.3) is 0 Å². The zero-order valence-corrected chi connectivity index (χ0v) is 9.49. The fourth-order valence-electron chi connectivity index (χ4n) is 1.77. The highest BCUT2D eigenvalue weighted by molar-refractivity contribution is 7.99. The van der Waals surface area contributed by atoms with Gasteiger partial charge in [0.15, 0.2) is 0 Å². The maximum atomic E-state index is 11.1. The number of hydrogen-bond donors (Lipinski definition) is 0. The second-order valence-electron chi connectivity index (χ2n) is 3.60. The van der Waals surface area contributed by atoms with Crippen LogP contribution in [0.25, 0.3) is 0 Å². The third kappa shape index (κ3) is 1.96. The second kappa shape index (κ2) is 3.95. The fraction of sp³-hybridized carbons (Fsp3) is 0.364. The summed E-state index contributed by atoms with van der Waals surface area (Å²) < 4.78 is 0. The highest BCUT2D eigenvalue weighted by Crippen LogP contribution is 2.42. The molecule has 1 aliphatic rings. The highest BCUT2D eigenvalue weighted by atomic mass is 35.5. The lowest BCUT2D eigenvalue weighted by Gasteiger charge is -2.07. The van der Waals surface area contributed by atoms with Crippen LogP contribution in [-0.2, 0) is 4.79 Å². The average molecular weight is 227 g/mol. The van der Waals surface area contributed by atoms with E-state index in [4.69, 9.17) is 11.6 Å². The van der Waals surface area contributed by atoms with Crippen molar-refractivity contribution in [3.05, 3.63) is 28.8 Å². The standard InChI is InChI=1S/C11H11ClOS/c1-7(13)4-8-6-14-11-3-2-9(12)5-10(8)11/h2-3,5,8H,4,6H2,1H3. The molecule has 1 nitrogen and oxygen atoms in total. The molecule has 3 heteroatoms. The Morgan fingerprint density at radius 1 is 1.64 bits per heavy atom. The lowest BCUT2D eigenvalue weighted by molar-refractivity contribution is -0.117. The number of rotatable bonds is 2. The number of ketones is 1. The molecule has 0 aliphatic carbocycles. The van der Waals surface area contributed by atoms with Crippen LogP contribution in [0.5, 0.6) is 0 Å². The van der Waals surface area contributed by atoms with Gasteiger partial charge in [0.2, 0.25) is 0 Å². The number of fused-ring (bicyclic) bond motifs is 1. The topological polar surface area (TPSA) is 17.1 Å². The van der Waals surface area contributed by atoms with Gasteiger partial charge in [-0.3, -0.25) is 0 Å². The van der Waals surface area contributed by atoms with E-state index in [1.807, 2.05) is 30.0 Å². The van der Waals surface area contributed by atoms with Crippen LogP contribution < -0.4 is 0 Å². The Bertz CT molecular complexity index is 376. The summed E-state index contributed by atoms with van der Waals surface area (Å²) in [7, 11) is 0. The molecule has 0 saturated heterocycles. The first-order chi connectivity index (χ1) is 6.66. The molecule has 0 spiro atoms. The molecule has 1 heterocycles. The molecule has 0 N–H and O–H groups in total. The summed E-state index contributed by atoms with van der Waals surface area (Å²) in [5, 5.41) is 0.764. The maximum Gasteiger partial charge on any atom is 0.130 e. The molecule has 0 aromatic heterocycles. The highest BCUT2D eigenvalue weighted by Gasteiger charge is 2.24. The van der Waals surface area contributed by atoms with Crippen molar-refractivity contribution in [3.63, 3.8) is 0 Å². The maximum absolute atomic E-state index is 11.1. The third-order valence-corrected chi connectivity index (χ3v) is 3.87. The predicted octanol–water partition coefficient (Wildman–Crippen LogP) is 3.51. The van der Waals surface area contributed by atoms with Gasteiger partial charge in [-0.05, 0) is 30.7 Å². The first-order valence-corrected chi connectivity index (χ1v) is 5.95. The Morgan fingerprint density at radius 3 is 3.14 bits per heavy atom. The van der Waals surface area contributed by atoms with Gasteiger partial charge in [0, 0.05) is 28.0 Å². The molecule has 74 valence electrons. The number of hydrogen-bond acceptors (Lipinski definition) is 2. The molecule has 2 rings (SSSR count). The largest absolute Gasteiger partial charge is 0.300 e. The Kier molecular flexibility index (Phi) is 2.84. The quantitative estimate of drug-likeness (QED) is 0.768. The molecule has 0 bridgehead atoms.